The van der Waals surface area contributed by atoms with Gasteiger partial charge in [-0.3, -0.25) is 5.41 Å². The number of hydrogen-bond donors (Lipinski definition) is 2. The Morgan fingerprint density at radius 1 is 1.30 bits per heavy atom. The summed E-state index contributed by atoms with van der Waals surface area (Å²) in [7, 11) is 0. The second-order valence-corrected chi connectivity index (χ2v) is 5.21. The highest BCUT2D eigenvalue weighted by atomic mass is 15.2. The van der Waals surface area contributed by atoms with Crippen LogP contribution in [0.25, 0.3) is 0 Å². The number of rotatable bonds is 2. The fourth-order valence-electron chi connectivity index (χ4n) is 2.73. The fourth-order valence-corrected chi connectivity index (χ4v) is 2.73. The number of fused-ring (bicyclic) bond motifs is 1. The van der Waals surface area contributed by atoms with Gasteiger partial charge in [-0.15, -0.1) is 0 Å². The van der Waals surface area contributed by atoms with Gasteiger partial charge in [-0.05, 0) is 43.5 Å². The van der Waals surface area contributed by atoms with Crippen molar-refractivity contribution < 1.29 is 0 Å². The molecule has 0 saturated heterocycles. The van der Waals surface area contributed by atoms with Gasteiger partial charge in [0.05, 0.1) is 0 Å². The van der Waals surface area contributed by atoms with Crippen LogP contribution in [0.3, 0.4) is 0 Å². The zero-order valence-electron chi connectivity index (χ0n) is 11.5. The second kappa shape index (κ2) is 4.96. The van der Waals surface area contributed by atoms with Crippen LogP contribution in [0.5, 0.6) is 0 Å². The molecular weight excluding hydrogens is 248 g/mol. The number of nitrogens with zero attached hydrogens (tertiary/aromatic N) is 2. The first-order valence-electron chi connectivity index (χ1n) is 6.84. The van der Waals surface area contributed by atoms with Gasteiger partial charge < -0.3 is 10.6 Å². The van der Waals surface area contributed by atoms with E-state index in [4.69, 9.17) is 11.1 Å². The number of aromatic nitrogens is 1. The molecule has 3 N–H and O–H groups in total. The summed E-state index contributed by atoms with van der Waals surface area (Å²) in [6.45, 7) is 2.22. The maximum absolute atomic E-state index is 7.43. The Hall–Kier alpha value is -2.36. The Balaban J connectivity index is 2.02. The summed E-state index contributed by atoms with van der Waals surface area (Å²) in [5, 5.41) is 7.43. The molecule has 0 saturated carbocycles. The SMILES string of the molecule is CC1CCc2ccccc2N1c1ccc(C(=N)N)cn1. The summed E-state index contributed by atoms with van der Waals surface area (Å²) in [6.07, 6.45) is 3.90. The van der Waals surface area contributed by atoms with E-state index < -0.39 is 0 Å². The van der Waals surface area contributed by atoms with Gasteiger partial charge in [-0.1, -0.05) is 18.2 Å². The molecule has 0 bridgehead atoms. The van der Waals surface area contributed by atoms with Crippen LogP contribution in [0, 0.1) is 5.41 Å². The lowest BCUT2D eigenvalue weighted by molar-refractivity contribution is 0.613. The van der Waals surface area contributed by atoms with E-state index in [-0.39, 0.29) is 5.84 Å². The molecule has 4 heteroatoms. The molecule has 0 amide bonds. The lowest BCUT2D eigenvalue weighted by atomic mass is 9.96. The molecule has 0 aliphatic carbocycles. The number of aryl methyl sites for hydroxylation is 1. The van der Waals surface area contributed by atoms with Crippen molar-refractivity contribution in [3.05, 3.63) is 53.7 Å². The average molecular weight is 266 g/mol. The Morgan fingerprint density at radius 2 is 2.10 bits per heavy atom. The summed E-state index contributed by atoms with van der Waals surface area (Å²) < 4.78 is 0. The zero-order valence-corrected chi connectivity index (χ0v) is 11.5. The van der Waals surface area contributed by atoms with Gasteiger partial charge in [0, 0.05) is 23.5 Å². The summed E-state index contributed by atoms with van der Waals surface area (Å²) >= 11 is 0. The molecule has 3 rings (SSSR count). The number of nitrogen functional groups attached to an aromatic ring is 1. The number of para-hydroxylation sites is 1. The summed E-state index contributed by atoms with van der Waals surface area (Å²) in [5.41, 5.74) is 8.73. The number of hydrogen-bond acceptors (Lipinski definition) is 3. The molecule has 2 aromatic rings. The Kier molecular flexibility index (Phi) is 3.14. The largest absolute Gasteiger partial charge is 0.384 e. The molecule has 1 unspecified atom stereocenters. The van der Waals surface area contributed by atoms with E-state index in [1.165, 1.54) is 11.3 Å². The third-order valence-electron chi connectivity index (χ3n) is 3.83. The smallest absolute Gasteiger partial charge is 0.133 e. The van der Waals surface area contributed by atoms with E-state index in [1.807, 2.05) is 12.1 Å². The summed E-state index contributed by atoms with van der Waals surface area (Å²) in [6, 6.07) is 12.7. The van der Waals surface area contributed by atoms with Gasteiger partial charge in [-0.25, -0.2) is 4.98 Å². The minimum atomic E-state index is 0.0520. The molecule has 1 aliphatic rings. The standard InChI is InChI=1S/C16H18N4/c1-11-6-7-12-4-2-3-5-14(12)20(11)15-9-8-13(10-19-15)16(17)18/h2-5,8-11H,6-7H2,1H3,(H3,17,18). The summed E-state index contributed by atoms with van der Waals surface area (Å²) in [5.74, 6) is 0.964. The fraction of sp³-hybridized carbons (Fsp3) is 0.250. The van der Waals surface area contributed by atoms with Crippen molar-refractivity contribution in [3.8, 4) is 0 Å². The van der Waals surface area contributed by atoms with Crippen LogP contribution in [-0.2, 0) is 6.42 Å². The molecule has 102 valence electrons. The lowest BCUT2D eigenvalue weighted by Gasteiger charge is -2.36. The van der Waals surface area contributed by atoms with E-state index in [1.54, 1.807) is 6.20 Å². The minimum Gasteiger partial charge on any atom is -0.384 e. The van der Waals surface area contributed by atoms with Gasteiger partial charge in [0.1, 0.15) is 11.7 Å². The highest BCUT2D eigenvalue weighted by Crippen LogP contribution is 2.35. The first kappa shape index (κ1) is 12.7. The van der Waals surface area contributed by atoms with Crippen LogP contribution in [0.2, 0.25) is 0 Å². The third-order valence-corrected chi connectivity index (χ3v) is 3.83. The topological polar surface area (TPSA) is 66.0 Å². The highest BCUT2D eigenvalue weighted by Gasteiger charge is 2.24. The van der Waals surface area contributed by atoms with E-state index >= 15 is 0 Å². The Morgan fingerprint density at radius 3 is 2.80 bits per heavy atom. The van der Waals surface area contributed by atoms with Gasteiger partial charge in [0.2, 0.25) is 0 Å². The minimum absolute atomic E-state index is 0.0520. The predicted octanol–water partition coefficient (Wildman–Crippen LogP) is 2.84. The molecule has 20 heavy (non-hydrogen) atoms. The number of nitrogens with one attached hydrogen (secondary N) is 1. The van der Waals surface area contributed by atoms with E-state index in [9.17, 15) is 0 Å². The van der Waals surface area contributed by atoms with Crippen LogP contribution in [0.4, 0.5) is 11.5 Å². The third kappa shape index (κ3) is 2.13. The van der Waals surface area contributed by atoms with Crippen LogP contribution >= 0.6 is 0 Å². The molecule has 1 aromatic carbocycles. The van der Waals surface area contributed by atoms with E-state index in [2.05, 4.69) is 41.1 Å². The number of nitrogens with two attached hydrogens (primary N) is 1. The van der Waals surface area contributed by atoms with Crippen LogP contribution in [0.1, 0.15) is 24.5 Å². The average Bonchev–Trinajstić information content (AvgIpc) is 2.47. The Labute approximate surface area is 118 Å². The number of benzene rings is 1. The lowest BCUT2D eigenvalue weighted by Crippen LogP contribution is -2.33. The zero-order chi connectivity index (χ0) is 14.1. The van der Waals surface area contributed by atoms with Crippen LogP contribution < -0.4 is 10.6 Å². The Bertz CT molecular complexity index is 633. The molecule has 0 fully saturated rings. The van der Waals surface area contributed by atoms with Gasteiger partial charge in [0.25, 0.3) is 0 Å². The van der Waals surface area contributed by atoms with Crippen molar-refractivity contribution in [3.63, 3.8) is 0 Å². The van der Waals surface area contributed by atoms with Crippen LogP contribution in [-0.4, -0.2) is 16.9 Å². The molecule has 1 atom stereocenters. The van der Waals surface area contributed by atoms with E-state index in [0.29, 0.717) is 11.6 Å². The van der Waals surface area contributed by atoms with Crippen molar-refractivity contribution in [2.45, 2.75) is 25.8 Å². The number of amidine groups is 1. The molecule has 2 heterocycles. The highest BCUT2D eigenvalue weighted by molar-refractivity contribution is 5.94. The van der Waals surface area contributed by atoms with Crippen molar-refractivity contribution in [1.29, 1.82) is 5.41 Å². The van der Waals surface area contributed by atoms with Gasteiger partial charge in [0.15, 0.2) is 0 Å². The molecule has 0 spiro atoms. The van der Waals surface area contributed by atoms with Crippen molar-refractivity contribution in [2.24, 2.45) is 5.73 Å². The van der Waals surface area contributed by atoms with E-state index in [0.717, 1.165) is 18.7 Å². The van der Waals surface area contributed by atoms with Crippen molar-refractivity contribution in [1.82, 2.24) is 4.98 Å². The van der Waals surface area contributed by atoms with Crippen LogP contribution in [0.15, 0.2) is 42.6 Å². The van der Waals surface area contributed by atoms with Gasteiger partial charge in [-0.2, -0.15) is 0 Å². The molecule has 1 aliphatic heterocycles. The summed E-state index contributed by atoms with van der Waals surface area (Å²) in [4.78, 5) is 6.74. The predicted molar refractivity (Wildman–Crippen MR) is 81.6 cm³/mol. The molecule has 0 radical (unpaired) electrons. The van der Waals surface area contributed by atoms with Crippen molar-refractivity contribution in [2.75, 3.05) is 4.90 Å². The van der Waals surface area contributed by atoms with Gasteiger partial charge >= 0.3 is 0 Å². The molecular formula is C16H18N4. The first-order chi connectivity index (χ1) is 9.66. The van der Waals surface area contributed by atoms with Crippen molar-refractivity contribution >= 4 is 17.3 Å². The number of pyridine rings is 1. The maximum atomic E-state index is 7.43. The maximum Gasteiger partial charge on any atom is 0.133 e. The molecule has 1 aromatic heterocycles. The monoisotopic (exact) mass is 266 g/mol. The first-order valence-corrected chi connectivity index (χ1v) is 6.84. The normalized spacial score (nSPS) is 17.6. The molecule has 4 nitrogen and oxygen atoms in total. The second-order valence-electron chi connectivity index (χ2n) is 5.21. The quantitative estimate of drug-likeness (QED) is 0.649. The number of anilines is 2.